The van der Waals surface area contributed by atoms with Gasteiger partial charge in [0.05, 0.1) is 12.2 Å². The van der Waals surface area contributed by atoms with Crippen molar-refractivity contribution in [1.29, 1.82) is 0 Å². The Labute approximate surface area is 240 Å². The van der Waals surface area contributed by atoms with Crippen molar-refractivity contribution >= 4 is 23.1 Å². The van der Waals surface area contributed by atoms with Gasteiger partial charge in [0.15, 0.2) is 0 Å². The molecule has 1 aromatic carbocycles. The highest BCUT2D eigenvalue weighted by molar-refractivity contribution is 6.30. The zero-order chi connectivity index (χ0) is 28.0. The highest BCUT2D eigenvalue weighted by Crippen LogP contribution is 2.39. The molecule has 0 amide bonds. The lowest BCUT2D eigenvalue weighted by Gasteiger charge is -2.38. The fraction of sp³-hybridized carbons (Fsp3) is 0.375. The number of piperidine rings is 1. The minimum Gasteiger partial charge on any atom is -0.438 e. The standard InChI is InChI=1S/C32H35ClN2O5/c1-2-38-40-30(36)15-10-23-6-3-9-29-28(23)22-24(27-8-4-18-34-31(27)39-29)7-5-19-35-20-16-32(37,17-21-35)25-11-13-26(33)14-12-25/h3-4,6-9,11-14,18,22-23,37H,2,5,10,15-17,19-21H2,1H3. The van der Waals surface area contributed by atoms with E-state index in [4.69, 9.17) is 26.1 Å². The fourth-order valence-electron chi connectivity index (χ4n) is 5.43. The number of aromatic nitrogens is 1. The van der Waals surface area contributed by atoms with Crippen LogP contribution in [0.15, 0.2) is 84.3 Å². The Hall–Kier alpha value is -3.23. The third-order valence-electron chi connectivity index (χ3n) is 7.68. The molecule has 1 fully saturated rings. The van der Waals surface area contributed by atoms with Crippen molar-refractivity contribution < 1.29 is 24.4 Å². The minimum absolute atomic E-state index is 0.000437. The highest BCUT2D eigenvalue weighted by atomic mass is 35.5. The number of ether oxygens (including phenoxy) is 1. The molecule has 1 N–H and O–H groups in total. The predicted molar refractivity (Wildman–Crippen MR) is 154 cm³/mol. The fourth-order valence-corrected chi connectivity index (χ4v) is 5.56. The molecular formula is C32H35ClN2O5. The lowest BCUT2D eigenvalue weighted by Crippen LogP contribution is -2.42. The largest absolute Gasteiger partial charge is 0.438 e. The molecule has 210 valence electrons. The summed E-state index contributed by atoms with van der Waals surface area (Å²) in [5.74, 6) is 0.930. The van der Waals surface area contributed by atoms with Gasteiger partial charge in [-0.25, -0.2) is 9.78 Å². The van der Waals surface area contributed by atoms with E-state index in [1.165, 1.54) is 0 Å². The van der Waals surface area contributed by atoms with Gasteiger partial charge in [0.25, 0.3) is 0 Å². The summed E-state index contributed by atoms with van der Waals surface area (Å²) in [6.07, 6.45) is 15.1. The van der Waals surface area contributed by atoms with Crippen LogP contribution in [0.2, 0.25) is 5.02 Å². The van der Waals surface area contributed by atoms with Gasteiger partial charge in [-0.15, -0.1) is 0 Å². The average Bonchev–Trinajstić information content (AvgIpc) is 3.13. The summed E-state index contributed by atoms with van der Waals surface area (Å²) >= 11 is 6.03. The first-order valence-electron chi connectivity index (χ1n) is 13.9. The molecule has 7 nitrogen and oxygen atoms in total. The zero-order valence-corrected chi connectivity index (χ0v) is 23.5. The number of likely N-dealkylation sites (tertiary alicyclic amines) is 1. The van der Waals surface area contributed by atoms with Crippen molar-refractivity contribution in [2.24, 2.45) is 5.92 Å². The number of halogens is 1. The Morgan fingerprint density at radius 1 is 1.25 bits per heavy atom. The summed E-state index contributed by atoms with van der Waals surface area (Å²) in [5.41, 5.74) is 3.12. The molecule has 5 rings (SSSR count). The van der Waals surface area contributed by atoms with Crippen LogP contribution in [0.3, 0.4) is 0 Å². The van der Waals surface area contributed by atoms with Crippen molar-refractivity contribution in [1.82, 2.24) is 9.88 Å². The van der Waals surface area contributed by atoms with Crippen LogP contribution in [0.1, 0.15) is 50.2 Å². The number of aliphatic hydroxyl groups is 1. The van der Waals surface area contributed by atoms with Gasteiger partial charge in [-0.05, 0) is 80.2 Å². The molecule has 40 heavy (non-hydrogen) atoms. The van der Waals surface area contributed by atoms with Gasteiger partial charge in [0, 0.05) is 54.3 Å². The van der Waals surface area contributed by atoms with Gasteiger partial charge in [-0.1, -0.05) is 42.0 Å². The van der Waals surface area contributed by atoms with E-state index in [-0.39, 0.29) is 18.3 Å². The number of benzene rings is 1. The molecule has 2 aromatic rings. The lowest BCUT2D eigenvalue weighted by atomic mass is 9.84. The maximum absolute atomic E-state index is 12.1. The molecular weight excluding hydrogens is 528 g/mol. The van der Waals surface area contributed by atoms with Crippen LogP contribution in [0.5, 0.6) is 5.88 Å². The van der Waals surface area contributed by atoms with Crippen LogP contribution in [0, 0.1) is 5.92 Å². The number of pyridine rings is 1. The number of carbonyl (C=O) groups is 1. The monoisotopic (exact) mass is 562 g/mol. The van der Waals surface area contributed by atoms with E-state index in [1.807, 2.05) is 48.6 Å². The van der Waals surface area contributed by atoms with Crippen molar-refractivity contribution in [2.45, 2.75) is 44.6 Å². The summed E-state index contributed by atoms with van der Waals surface area (Å²) < 4.78 is 6.26. The topological polar surface area (TPSA) is 81.1 Å². The molecule has 2 aliphatic heterocycles. The van der Waals surface area contributed by atoms with E-state index in [0.29, 0.717) is 36.8 Å². The molecule has 1 atom stereocenters. The van der Waals surface area contributed by atoms with Crippen LogP contribution in [-0.2, 0) is 20.2 Å². The van der Waals surface area contributed by atoms with Crippen molar-refractivity contribution in [3.63, 3.8) is 0 Å². The number of hydrogen-bond donors (Lipinski definition) is 1. The van der Waals surface area contributed by atoms with E-state index in [2.05, 4.69) is 28.1 Å². The Bertz CT molecular complexity index is 1320. The molecule has 0 saturated carbocycles. The molecule has 0 radical (unpaired) electrons. The van der Waals surface area contributed by atoms with Gasteiger partial charge in [0.2, 0.25) is 5.88 Å². The van der Waals surface area contributed by atoms with Gasteiger partial charge < -0.3 is 14.7 Å². The first-order valence-corrected chi connectivity index (χ1v) is 14.3. The van der Waals surface area contributed by atoms with E-state index in [1.54, 1.807) is 13.1 Å². The maximum atomic E-state index is 12.1. The Kier molecular flexibility index (Phi) is 9.17. The van der Waals surface area contributed by atoms with E-state index in [9.17, 15) is 9.90 Å². The highest BCUT2D eigenvalue weighted by Gasteiger charge is 2.33. The lowest BCUT2D eigenvalue weighted by molar-refractivity contribution is -0.269. The number of nitrogens with zero attached hydrogens (tertiary/aromatic N) is 2. The third-order valence-corrected chi connectivity index (χ3v) is 7.93. The van der Waals surface area contributed by atoms with E-state index >= 15 is 0 Å². The predicted octanol–water partition coefficient (Wildman–Crippen LogP) is 6.16. The van der Waals surface area contributed by atoms with Crippen LogP contribution < -0.4 is 4.74 Å². The molecule has 1 saturated heterocycles. The van der Waals surface area contributed by atoms with Gasteiger partial charge in [-0.3, -0.25) is 4.89 Å². The summed E-state index contributed by atoms with van der Waals surface area (Å²) in [5, 5.41) is 11.9. The number of fused-ring (bicyclic) bond motifs is 2. The molecule has 1 aromatic heterocycles. The van der Waals surface area contributed by atoms with Crippen LogP contribution in [0.25, 0.3) is 5.57 Å². The quantitative estimate of drug-likeness (QED) is 0.290. The molecule has 0 spiro atoms. The summed E-state index contributed by atoms with van der Waals surface area (Å²) in [4.78, 5) is 28.5. The average molecular weight is 563 g/mol. The number of rotatable bonds is 9. The summed E-state index contributed by atoms with van der Waals surface area (Å²) in [6, 6.07) is 11.5. The number of hydrogen-bond acceptors (Lipinski definition) is 7. The summed E-state index contributed by atoms with van der Waals surface area (Å²) in [7, 11) is 0. The Morgan fingerprint density at radius 3 is 2.83 bits per heavy atom. The van der Waals surface area contributed by atoms with E-state index < -0.39 is 5.60 Å². The van der Waals surface area contributed by atoms with Crippen LogP contribution in [0.4, 0.5) is 0 Å². The number of carbonyl (C=O) groups excluding carboxylic acids is 1. The van der Waals surface area contributed by atoms with Crippen molar-refractivity contribution in [3.05, 3.63) is 100 Å². The molecule has 3 heterocycles. The number of allylic oxidation sites excluding steroid dienone is 6. The second kappa shape index (κ2) is 13.0. The normalized spacial score (nSPS) is 21.0. The Balaban J connectivity index is 1.27. The molecule has 3 aliphatic rings. The molecule has 1 unspecified atom stereocenters. The molecule has 1 aliphatic carbocycles. The van der Waals surface area contributed by atoms with Gasteiger partial charge in [-0.2, -0.15) is 4.89 Å². The second-order valence-electron chi connectivity index (χ2n) is 10.3. The first-order chi connectivity index (χ1) is 19.4. The SMILES string of the molecule is CCOOC(=O)CCC1C=CC=C2Oc3ncccc3C(=CCCN3CCC(O)(c4ccc(Cl)cc4)CC3)C=C21. The van der Waals surface area contributed by atoms with Gasteiger partial charge in [0.1, 0.15) is 5.76 Å². The smallest absolute Gasteiger partial charge is 0.342 e. The third kappa shape index (κ3) is 6.73. The summed E-state index contributed by atoms with van der Waals surface area (Å²) in [6.45, 7) is 4.62. The van der Waals surface area contributed by atoms with Crippen LogP contribution in [-0.4, -0.2) is 47.2 Å². The van der Waals surface area contributed by atoms with Gasteiger partial charge >= 0.3 is 5.97 Å². The Morgan fingerprint density at radius 2 is 2.05 bits per heavy atom. The first kappa shape index (κ1) is 28.3. The van der Waals surface area contributed by atoms with Crippen molar-refractivity contribution in [2.75, 3.05) is 26.2 Å². The van der Waals surface area contributed by atoms with E-state index in [0.717, 1.165) is 54.1 Å². The minimum atomic E-state index is -0.811. The second-order valence-corrected chi connectivity index (χ2v) is 10.7. The zero-order valence-electron chi connectivity index (χ0n) is 22.7. The maximum Gasteiger partial charge on any atom is 0.342 e. The van der Waals surface area contributed by atoms with Crippen molar-refractivity contribution in [3.8, 4) is 5.88 Å². The molecule has 8 heteroatoms. The van der Waals surface area contributed by atoms with Crippen LogP contribution >= 0.6 is 11.6 Å². The molecule has 0 bridgehead atoms.